The molecule has 0 N–H and O–H groups in total. The van der Waals surface area contributed by atoms with Crippen molar-refractivity contribution in [2.45, 2.75) is 46.7 Å². The summed E-state index contributed by atoms with van der Waals surface area (Å²) in [6.45, 7) is 7.30. The van der Waals surface area contributed by atoms with Gasteiger partial charge in [-0.3, -0.25) is 9.59 Å². The number of nitriles is 1. The number of nitrogens with zero attached hydrogens (tertiary/aromatic N) is 2. The van der Waals surface area contributed by atoms with Crippen molar-refractivity contribution >= 4 is 11.7 Å². The van der Waals surface area contributed by atoms with E-state index in [4.69, 9.17) is 0 Å². The first kappa shape index (κ1) is 22.7. The minimum Gasteiger partial charge on any atom is -0.342 e. The quantitative estimate of drug-likeness (QED) is 0.712. The molecule has 0 spiro atoms. The van der Waals surface area contributed by atoms with Gasteiger partial charge in [-0.1, -0.05) is 26.8 Å². The summed E-state index contributed by atoms with van der Waals surface area (Å²) in [6, 6.07) is 5.26. The fourth-order valence-corrected chi connectivity index (χ4v) is 3.98. The molecule has 4 nitrogen and oxygen atoms in total. The van der Waals surface area contributed by atoms with Crippen molar-refractivity contribution in [2.75, 3.05) is 13.6 Å². The van der Waals surface area contributed by atoms with E-state index in [9.17, 15) is 28.0 Å². The Kier molecular flexibility index (Phi) is 5.99. The average molecular weight is 406 g/mol. The molecule has 1 aromatic rings. The number of alkyl halides is 3. The van der Waals surface area contributed by atoms with Gasteiger partial charge in [0.1, 0.15) is 6.07 Å². The molecule has 7 heteroatoms. The molecule has 1 aliphatic carbocycles. The van der Waals surface area contributed by atoms with E-state index in [0.717, 1.165) is 12.1 Å². The molecule has 1 aliphatic rings. The van der Waals surface area contributed by atoms with Crippen molar-refractivity contribution in [2.24, 2.45) is 10.8 Å². The second-order valence-corrected chi connectivity index (χ2v) is 8.78. The zero-order valence-electron chi connectivity index (χ0n) is 17.3. The second kappa shape index (κ2) is 7.66. The highest BCUT2D eigenvalue weighted by Crippen LogP contribution is 2.44. The third-order valence-corrected chi connectivity index (χ3v) is 5.33. The van der Waals surface area contributed by atoms with Crippen LogP contribution in [0.4, 0.5) is 13.2 Å². The Hall–Kier alpha value is -2.62. The van der Waals surface area contributed by atoms with Gasteiger partial charge >= 0.3 is 6.18 Å². The Morgan fingerprint density at radius 3 is 2.41 bits per heavy atom. The number of ketones is 1. The number of benzene rings is 1. The highest BCUT2D eigenvalue weighted by molar-refractivity contribution is 6.03. The minimum atomic E-state index is -4.52. The highest BCUT2D eigenvalue weighted by atomic mass is 19.4. The molecular formula is C22H25F3N2O2. The van der Waals surface area contributed by atoms with Crippen LogP contribution in [0.2, 0.25) is 0 Å². The molecule has 1 aromatic carbocycles. The largest absolute Gasteiger partial charge is 0.416 e. The Balaban J connectivity index is 2.19. The van der Waals surface area contributed by atoms with E-state index >= 15 is 0 Å². The summed E-state index contributed by atoms with van der Waals surface area (Å²) >= 11 is 0. The molecule has 2 rings (SSSR count). The van der Waals surface area contributed by atoms with Crippen molar-refractivity contribution in [3.05, 3.63) is 46.5 Å². The zero-order valence-corrected chi connectivity index (χ0v) is 17.3. The molecule has 0 saturated heterocycles. The number of halogens is 3. The van der Waals surface area contributed by atoms with Crippen molar-refractivity contribution < 1.29 is 22.8 Å². The van der Waals surface area contributed by atoms with Crippen LogP contribution in [0.25, 0.3) is 0 Å². The van der Waals surface area contributed by atoms with Gasteiger partial charge in [-0.25, -0.2) is 0 Å². The van der Waals surface area contributed by atoms with Gasteiger partial charge in [0.15, 0.2) is 5.78 Å². The van der Waals surface area contributed by atoms with E-state index in [0.29, 0.717) is 18.4 Å². The smallest absolute Gasteiger partial charge is 0.342 e. The van der Waals surface area contributed by atoms with Gasteiger partial charge in [0.25, 0.3) is 5.91 Å². The summed E-state index contributed by atoms with van der Waals surface area (Å²) in [5, 5.41) is 9.26. The first-order valence-corrected chi connectivity index (χ1v) is 9.31. The molecule has 0 aromatic heterocycles. The van der Waals surface area contributed by atoms with Crippen molar-refractivity contribution in [3.63, 3.8) is 0 Å². The van der Waals surface area contributed by atoms with Crippen LogP contribution in [-0.4, -0.2) is 30.2 Å². The molecule has 1 atom stereocenters. The maximum atomic E-state index is 13.0. The first-order valence-electron chi connectivity index (χ1n) is 9.31. The van der Waals surface area contributed by atoms with Crippen LogP contribution in [0, 0.1) is 29.1 Å². The van der Waals surface area contributed by atoms with E-state index < -0.39 is 28.5 Å². The maximum absolute atomic E-state index is 13.0. The summed E-state index contributed by atoms with van der Waals surface area (Å²) in [5.41, 5.74) is -1.55. The topological polar surface area (TPSA) is 61.2 Å². The molecule has 0 fully saturated rings. The molecule has 29 heavy (non-hydrogen) atoms. The van der Waals surface area contributed by atoms with E-state index in [1.54, 1.807) is 19.9 Å². The summed E-state index contributed by atoms with van der Waals surface area (Å²) in [6.07, 6.45) is -1.86. The number of carbonyl (C=O) groups is 2. The molecule has 1 amide bonds. The number of Topliss-reactive ketones (excluding diaryl/α,β-unsaturated/α-hetero) is 1. The lowest BCUT2D eigenvalue weighted by Crippen LogP contribution is -2.39. The SMILES string of the molecule is Cc1cc(C(=O)N(C)CC[C@]2(C)C=C(C#N)C(=O)C(C)(C)C2)cc(C(F)(F)F)c1. The molecule has 0 unspecified atom stereocenters. The summed E-state index contributed by atoms with van der Waals surface area (Å²) < 4.78 is 39.1. The molecule has 0 saturated carbocycles. The van der Waals surface area contributed by atoms with Crippen LogP contribution >= 0.6 is 0 Å². The predicted octanol–water partition coefficient (Wildman–Crippen LogP) is 4.93. The van der Waals surface area contributed by atoms with Gasteiger partial charge in [-0.2, -0.15) is 18.4 Å². The van der Waals surface area contributed by atoms with Gasteiger partial charge < -0.3 is 4.90 Å². The number of carbonyl (C=O) groups excluding carboxylic acids is 2. The van der Waals surface area contributed by atoms with E-state index in [-0.39, 0.29) is 23.5 Å². The fourth-order valence-electron chi connectivity index (χ4n) is 3.98. The fraction of sp³-hybridized carbons (Fsp3) is 0.500. The van der Waals surface area contributed by atoms with Crippen LogP contribution in [0.15, 0.2) is 29.8 Å². The standard InChI is InChI=1S/C22H25F3N2O2/c1-14-8-15(10-17(9-14)22(23,24)25)19(29)27(5)7-6-21(4)11-16(12-26)18(28)20(2,3)13-21/h8-11H,6-7,13H2,1-5H3/t21-/m1/s1. The third kappa shape index (κ3) is 5.06. The molecular weight excluding hydrogens is 381 g/mol. The van der Waals surface area contributed by atoms with E-state index in [2.05, 4.69) is 0 Å². The van der Waals surface area contributed by atoms with E-state index in [1.165, 1.54) is 24.9 Å². The predicted molar refractivity (Wildman–Crippen MR) is 103 cm³/mol. The van der Waals surface area contributed by atoms with Crippen LogP contribution in [0.3, 0.4) is 0 Å². The van der Waals surface area contributed by atoms with Gasteiger partial charge in [-0.15, -0.1) is 0 Å². The van der Waals surface area contributed by atoms with Crippen molar-refractivity contribution in [1.82, 2.24) is 4.90 Å². The molecule has 0 bridgehead atoms. The summed E-state index contributed by atoms with van der Waals surface area (Å²) in [7, 11) is 1.54. The first-order chi connectivity index (χ1) is 13.2. The van der Waals surface area contributed by atoms with Crippen LogP contribution < -0.4 is 0 Å². The minimum absolute atomic E-state index is 0.0163. The van der Waals surface area contributed by atoms with Gasteiger partial charge in [0.05, 0.1) is 11.1 Å². The normalized spacial score (nSPS) is 21.3. The number of rotatable bonds is 4. The Morgan fingerprint density at radius 2 is 1.86 bits per heavy atom. The average Bonchev–Trinajstić information content (AvgIpc) is 2.60. The molecule has 0 aliphatic heterocycles. The number of hydrogen-bond acceptors (Lipinski definition) is 3. The van der Waals surface area contributed by atoms with Gasteiger partial charge in [-0.05, 0) is 48.9 Å². The van der Waals surface area contributed by atoms with Crippen LogP contribution in [0.5, 0.6) is 0 Å². The summed E-state index contributed by atoms with van der Waals surface area (Å²) in [4.78, 5) is 26.4. The lowest BCUT2D eigenvalue weighted by Gasteiger charge is -2.39. The second-order valence-electron chi connectivity index (χ2n) is 8.78. The number of aryl methyl sites for hydroxylation is 1. The Bertz CT molecular complexity index is 910. The molecule has 156 valence electrons. The van der Waals surface area contributed by atoms with Crippen LogP contribution in [-0.2, 0) is 11.0 Å². The van der Waals surface area contributed by atoms with E-state index in [1.807, 2.05) is 13.0 Å². The number of amides is 1. The molecule has 0 heterocycles. The lowest BCUT2D eigenvalue weighted by molar-refractivity contribution is -0.137. The number of hydrogen-bond donors (Lipinski definition) is 0. The third-order valence-electron chi connectivity index (χ3n) is 5.33. The van der Waals surface area contributed by atoms with Crippen molar-refractivity contribution in [1.29, 1.82) is 5.26 Å². The molecule has 0 radical (unpaired) electrons. The maximum Gasteiger partial charge on any atom is 0.416 e. The van der Waals surface area contributed by atoms with Crippen molar-refractivity contribution in [3.8, 4) is 6.07 Å². The lowest BCUT2D eigenvalue weighted by atomic mass is 9.64. The Morgan fingerprint density at radius 1 is 1.24 bits per heavy atom. The number of allylic oxidation sites excluding steroid dienone is 2. The highest BCUT2D eigenvalue weighted by Gasteiger charge is 2.42. The monoisotopic (exact) mass is 406 g/mol. The summed E-state index contributed by atoms with van der Waals surface area (Å²) in [5.74, 6) is -0.695. The Labute approximate surface area is 169 Å². The van der Waals surface area contributed by atoms with Crippen LogP contribution in [0.1, 0.15) is 55.1 Å². The zero-order chi connectivity index (χ0) is 22.2. The van der Waals surface area contributed by atoms with Gasteiger partial charge in [0, 0.05) is 24.6 Å². The van der Waals surface area contributed by atoms with Gasteiger partial charge in [0.2, 0.25) is 0 Å².